The monoisotopic (exact) mass is 358 g/mol. The molecule has 0 fully saturated rings. The van der Waals surface area contributed by atoms with E-state index in [1.807, 2.05) is 78.3 Å². The number of benzene rings is 2. The van der Waals surface area contributed by atoms with Crippen molar-refractivity contribution in [1.82, 2.24) is 14.4 Å². The minimum Gasteiger partial charge on any atom is -0.484 e. The molecule has 0 aliphatic heterocycles. The Morgan fingerprint density at radius 3 is 2.81 bits per heavy atom. The number of hydrogen-bond donors (Lipinski definition) is 1. The summed E-state index contributed by atoms with van der Waals surface area (Å²) in [5, 5.41) is 2.85. The maximum atomic E-state index is 12.2. The molecular formula is C21H18N4O2. The molecule has 134 valence electrons. The number of ether oxygens (including phenoxy) is 1. The van der Waals surface area contributed by atoms with E-state index >= 15 is 0 Å². The van der Waals surface area contributed by atoms with Gasteiger partial charge in [0.15, 0.2) is 6.61 Å². The van der Waals surface area contributed by atoms with Crippen molar-refractivity contribution in [2.24, 2.45) is 0 Å². The number of hydrogen-bond acceptors (Lipinski definition) is 4. The maximum Gasteiger partial charge on any atom is 0.262 e. The topological polar surface area (TPSA) is 68.5 Å². The number of carbonyl (C=O) groups is 1. The Labute approximate surface area is 156 Å². The highest BCUT2D eigenvalue weighted by molar-refractivity contribution is 5.92. The number of anilines is 1. The number of fused-ring (bicyclic) bond motifs is 1. The third-order valence-electron chi connectivity index (χ3n) is 4.07. The van der Waals surface area contributed by atoms with Gasteiger partial charge in [-0.05, 0) is 37.3 Å². The average Bonchev–Trinajstić information content (AvgIpc) is 3.12. The Morgan fingerprint density at radius 1 is 1.15 bits per heavy atom. The van der Waals surface area contributed by atoms with Gasteiger partial charge in [-0.3, -0.25) is 9.20 Å². The van der Waals surface area contributed by atoms with E-state index in [1.54, 1.807) is 6.20 Å². The van der Waals surface area contributed by atoms with Crippen molar-refractivity contribution in [1.29, 1.82) is 0 Å². The van der Waals surface area contributed by atoms with Crippen LogP contribution in [0.1, 0.15) is 5.56 Å². The van der Waals surface area contributed by atoms with Gasteiger partial charge in [-0.25, -0.2) is 9.97 Å². The summed E-state index contributed by atoms with van der Waals surface area (Å²) < 4.78 is 7.37. The van der Waals surface area contributed by atoms with Gasteiger partial charge in [0.1, 0.15) is 5.75 Å². The van der Waals surface area contributed by atoms with Crippen LogP contribution < -0.4 is 10.1 Å². The highest BCUT2D eigenvalue weighted by atomic mass is 16.5. The molecule has 0 aliphatic rings. The van der Waals surface area contributed by atoms with Gasteiger partial charge in [0.05, 0.1) is 5.69 Å². The van der Waals surface area contributed by atoms with Gasteiger partial charge in [-0.15, -0.1) is 0 Å². The number of aromatic nitrogens is 3. The van der Waals surface area contributed by atoms with Crippen molar-refractivity contribution < 1.29 is 9.53 Å². The number of rotatable bonds is 5. The molecule has 4 rings (SSSR count). The summed E-state index contributed by atoms with van der Waals surface area (Å²) in [4.78, 5) is 20.9. The van der Waals surface area contributed by atoms with Crippen molar-refractivity contribution >= 4 is 17.4 Å². The number of aryl methyl sites for hydroxylation is 1. The summed E-state index contributed by atoms with van der Waals surface area (Å²) in [7, 11) is 0. The molecule has 0 atom stereocenters. The van der Waals surface area contributed by atoms with Crippen LogP contribution in [0.5, 0.6) is 5.75 Å². The van der Waals surface area contributed by atoms with E-state index in [2.05, 4.69) is 15.3 Å². The van der Waals surface area contributed by atoms with Gasteiger partial charge in [-0.1, -0.05) is 29.8 Å². The normalized spacial score (nSPS) is 10.7. The van der Waals surface area contributed by atoms with Gasteiger partial charge < -0.3 is 10.1 Å². The molecule has 0 radical (unpaired) electrons. The van der Waals surface area contributed by atoms with Gasteiger partial charge in [0.25, 0.3) is 5.91 Å². The number of carbonyl (C=O) groups excluding carboxylic acids is 1. The third kappa shape index (κ3) is 3.95. The molecule has 2 aromatic carbocycles. The standard InChI is InChI=1S/C21H18N4O2/c1-15-6-8-18(9-7-15)27-14-20(26)23-17-5-2-4-16(12-17)19-13-25-11-3-10-22-21(25)24-19/h2-13H,14H2,1H3,(H,23,26). The Morgan fingerprint density at radius 2 is 2.00 bits per heavy atom. The van der Waals surface area contributed by atoms with E-state index in [9.17, 15) is 4.79 Å². The molecule has 0 aliphatic carbocycles. The highest BCUT2D eigenvalue weighted by Gasteiger charge is 2.08. The van der Waals surface area contributed by atoms with Gasteiger partial charge in [-0.2, -0.15) is 0 Å². The zero-order valence-electron chi connectivity index (χ0n) is 14.8. The van der Waals surface area contributed by atoms with Crippen molar-refractivity contribution in [3.63, 3.8) is 0 Å². The maximum absolute atomic E-state index is 12.2. The first-order valence-corrected chi connectivity index (χ1v) is 8.57. The summed E-state index contributed by atoms with van der Waals surface area (Å²) in [6.45, 7) is 1.95. The largest absolute Gasteiger partial charge is 0.484 e. The predicted molar refractivity (Wildman–Crippen MR) is 104 cm³/mol. The molecule has 0 unspecified atom stereocenters. The van der Waals surface area contributed by atoms with Crippen molar-refractivity contribution in [2.45, 2.75) is 6.92 Å². The first-order chi connectivity index (χ1) is 13.2. The minimum atomic E-state index is -0.218. The fourth-order valence-electron chi connectivity index (χ4n) is 2.71. The summed E-state index contributed by atoms with van der Waals surface area (Å²) in [5.74, 6) is 1.08. The fraction of sp³-hybridized carbons (Fsp3) is 0.0952. The van der Waals surface area contributed by atoms with Crippen LogP contribution in [0.3, 0.4) is 0 Å². The van der Waals surface area contributed by atoms with Crippen molar-refractivity contribution in [3.8, 4) is 17.0 Å². The lowest BCUT2D eigenvalue weighted by Gasteiger charge is -2.08. The quantitative estimate of drug-likeness (QED) is 0.590. The summed E-state index contributed by atoms with van der Waals surface area (Å²) in [6.07, 6.45) is 5.51. The van der Waals surface area contributed by atoms with E-state index in [1.165, 1.54) is 0 Å². The summed E-state index contributed by atoms with van der Waals surface area (Å²) in [5.41, 5.74) is 3.53. The Balaban J connectivity index is 1.44. The second-order valence-corrected chi connectivity index (χ2v) is 6.18. The number of amides is 1. The second kappa shape index (κ2) is 7.29. The SMILES string of the molecule is Cc1ccc(OCC(=O)Nc2cccc(-c3cn4cccnc4n3)c2)cc1. The first kappa shape index (κ1) is 16.8. The molecule has 27 heavy (non-hydrogen) atoms. The summed E-state index contributed by atoms with van der Waals surface area (Å²) in [6, 6.07) is 17.0. The minimum absolute atomic E-state index is 0.0500. The van der Waals surface area contributed by atoms with Crippen LogP contribution in [-0.4, -0.2) is 26.9 Å². The Kier molecular flexibility index (Phi) is 4.53. The molecule has 6 heteroatoms. The van der Waals surface area contributed by atoms with Crippen LogP contribution in [0.2, 0.25) is 0 Å². The molecule has 1 N–H and O–H groups in total. The second-order valence-electron chi connectivity index (χ2n) is 6.18. The summed E-state index contributed by atoms with van der Waals surface area (Å²) >= 11 is 0. The van der Waals surface area contributed by atoms with Gasteiger partial charge in [0, 0.05) is 29.8 Å². The third-order valence-corrected chi connectivity index (χ3v) is 4.07. The molecule has 0 saturated heterocycles. The Hall–Kier alpha value is -3.67. The smallest absolute Gasteiger partial charge is 0.262 e. The van der Waals surface area contributed by atoms with Crippen LogP contribution >= 0.6 is 0 Å². The van der Waals surface area contributed by atoms with E-state index in [0.29, 0.717) is 17.2 Å². The van der Waals surface area contributed by atoms with Crippen LogP contribution in [0.15, 0.2) is 73.2 Å². The fourth-order valence-corrected chi connectivity index (χ4v) is 2.71. The van der Waals surface area contributed by atoms with Crippen LogP contribution in [0, 0.1) is 6.92 Å². The van der Waals surface area contributed by atoms with Crippen molar-refractivity contribution in [2.75, 3.05) is 11.9 Å². The zero-order valence-corrected chi connectivity index (χ0v) is 14.8. The molecule has 6 nitrogen and oxygen atoms in total. The first-order valence-electron chi connectivity index (χ1n) is 8.57. The number of nitrogens with zero attached hydrogens (tertiary/aromatic N) is 3. The van der Waals surface area contributed by atoms with Crippen molar-refractivity contribution in [3.05, 3.63) is 78.8 Å². The highest BCUT2D eigenvalue weighted by Crippen LogP contribution is 2.22. The number of imidazole rings is 1. The Bertz CT molecular complexity index is 1050. The molecule has 0 bridgehead atoms. The lowest BCUT2D eigenvalue weighted by atomic mass is 10.1. The lowest BCUT2D eigenvalue weighted by Crippen LogP contribution is -2.20. The zero-order chi connectivity index (χ0) is 18.6. The molecular weight excluding hydrogens is 340 g/mol. The van der Waals surface area contributed by atoms with E-state index in [0.717, 1.165) is 16.8 Å². The van der Waals surface area contributed by atoms with Gasteiger partial charge >= 0.3 is 0 Å². The molecule has 2 heterocycles. The number of nitrogens with one attached hydrogen (secondary N) is 1. The molecule has 0 saturated carbocycles. The van der Waals surface area contributed by atoms with Crippen LogP contribution in [-0.2, 0) is 4.79 Å². The van der Waals surface area contributed by atoms with E-state index in [-0.39, 0.29) is 12.5 Å². The molecule has 2 aromatic heterocycles. The molecule has 4 aromatic rings. The van der Waals surface area contributed by atoms with E-state index < -0.39 is 0 Å². The average molecular weight is 358 g/mol. The van der Waals surface area contributed by atoms with E-state index in [4.69, 9.17) is 4.74 Å². The lowest BCUT2D eigenvalue weighted by molar-refractivity contribution is -0.118. The van der Waals surface area contributed by atoms with Gasteiger partial charge in [0.2, 0.25) is 5.78 Å². The van der Waals surface area contributed by atoms with Crippen LogP contribution in [0.25, 0.3) is 17.0 Å². The van der Waals surface area contributed by atoms with Crippen LogP contribution in [0.4, 0.5) is 5.69 Å². The predicted octanol–water partition coefficient (Wildman–Crippen LogP) is 3.72. The molecule has 0 spiro atoms. The molecule has 1 amide bonds.